The van der Waals surface area contributed by atoms with Crippen molar-refractivity contribution in [3.05, 3.63) is 29.8 Å². The molecule has 1 aromatic carbocycles. The molecule has 0 unspecified atom stereocenters. The molecule has 2 N–H and O–H groups in total. The monoisotopic (exact) mass is 368 g/mol. The predicted octanol–water partition coefficient (Wildman–Crippen LogP) is 1.56. The van der Waals surface area contributed by atoms with Crippen LogP contribution in [0, 0.1) is 11.8 Å². The molecular formula is C17H24N2O5S. The van der Waals surface area contributed by atoms with E-state index in [0.29, 0.717) is 12.5 Å². The van der Waals surface area contributed by atoms with Crippen LogP contribution in [0.1, 0.15) is 37.0 Å². The lowest BCUT2D eigenvalue weighted by Gasteiger charge is -2.23. The van der Waals surface area contributed by atoms with Crippen LogP contribution in [0.3, 0.4) is 0 Å². The summed E-state index contributed by atoms with van der Waals surface area (Å²) in [6.45, 7) is 4.02. The molecule has 1 saturated carbocycles. The summed E-state index contributed by atoms with van der Waals surface area (Å²) in [6.07, 6.45) is 2.06. The number of amides is 1. The third-order valence-electron chi connectivity index (χ3n) is 3.85. The summed E-state index contributed by atoms with van der Waals surface area (Å²) < 4.78 is 27.2. The third-order valence-corrected chi connectivity index (χ3v) is 5.27. The van der Waals surface area contributed by atoms with Gasteiger partial charge in [-0.05, 0) is 42.9 Å². The van der Waals surface area contributed by atoms with E-state index in [4.69, 9.17) is 5.11 Å². The van der Waals surface area contributed by atoms with E-state index >= 15 is 0 Å². The molecule has 1 amide bonds. The van der Waals surface area contributed by atoms with Gasteiger partial charge >= 0.3 is 5.97 Å². The maximum absolute atomic E-state index is 12.6. The summed E-state index contributed by atoms with van der Waals surface area (Å²) in [5, 5.41) is 9.00. The lowest BCUT2D eigenvalue weighted by molar-refractivity contribution is -0.137. The van der Waals surface area contributed by atoms with E-state index in [1.165, 1.54) is 29.2 Å². The summed E-state index contributed by atoms with van der Waals surface area (Å²) in [5.74, 6) is -1.11. The number of carboxylic acid groups (broad SMARTS) is 1. The second kappa shape index (κ2) is 7.97. The van der Waals surface area contributed by atoms with Gasteiger partial charge in [0.15, 0.2) is 0 Å². The molecule has 0 aromatic heterocycles. The summed E-state index contributed by atoms with van der Waals surface area (Å²) in [7, 11) is -3.68. The lowest BCUT2D eigenvalue weighted by Crippen LogP contribution is -2.38. The maximum atomic E-state index is 12.6. The van der Waals surface area contributed by atoms with Crippen LogP contribution >= 0.6 is 0 Å². The normalized spacial score (nSPS) is 14.5. The highest BCUT2D eigenvalue weighted by Gasteiger charge is 2.25. The first-order chi connectivity index (χ1) is 11.7. The molecule has 0 spiro atoms. The number of nitrogens with one attached hydrogen (secondary N) is 1. The molecule has 1 aliphatic carbocycles. The molecule has 8 heteroatoms. The predicted molar refractivity (Wildman–Crippen MR) is 92.7 cm³/mol. The fraction of sp³-hybridized carbons (Fsp3) is 0.529. The molecule has 1 aromatic rings. The van der Waals surface area contributed by atoms with Gasteiger partial charge in [0.05, 0.1) is 4.90 Å². The number of hydrogen-bond donors (Lipinski definition) is 2. The van der Waals surface area contributed by atoms with Crippen LogP contribution in [0.25, 0.3) is 0 Å². The molecule has 0 bridgehead atoms. The van der Waals surface area contributed by atoms with Crippen molar-refractivity contribution in [3.63, 3.8) is 0 Å². The fourth-order valence-electron chi connectivity index (χ4n) is 2.44. The van der Waals surface area contributed by atoms with Gasteiger partial charge in [-0.2, -0.15) is 0 Å². The molecule has 0 radical (unpaired) electrons. The van der Waals surface area contributed by atoms with Gasteiger partial charge in [0.1, 0.15) is 6.54 Å². The Kier molecular flexibility index (Phi) is 6.18. The Hall–Kier alpha value is -1.93. The van der Waals surface area contributed by atoms with E-state index < -0.39 is 28.4 Å². The van der Waals surface area contributed by atoms with Gasteiger partial charge < -0.3 is 10.0 Å². The number of carbonyl (C=O) groups excluding carboxylic acids is 1. The quantitative estimate of drug-likeness (QED) is 0.688. The molecule has 1 fully saturated rings. The highest BCUT2D eigenvalue weighted by atomic mass is 32.2. The van der Waals surface area contributed by atoms with Crippen LogP contribution in [0.4, 0.5) is 0 Å². The Morgan fingerprint density at radius 3 is 2.56 bits per heavy atom. The molecule has 0 saturated heterocycles. The largest absolute Gasteiger partial charge is 0.480 e. The van der Waals surface area contributed by atoms with Crippen molar-refractivity contribution in [3.8, 4) is 0 Å². The lowest BCUT2D eigenvalue weighted by atomic mass is 10.1. The van der Waals surface area contributed by atoms with Crippen molar-refractivity contribution in [1.29, 1.82) is 0 Å². The van der Waals surface area contributed by atoms with E-state index in [9.17, 15) is 18.0 Å². The van der Waals surface area contributed by atoms with E-state index in [1.807, 2.05) is 13.8 Å². The van der Waals surface area contributed by atoms with Crippen LogP contribution in [0.15, 0.2) is 29.2 Å². The fourth-order valence-corrected chi connectivity index (χ4v) is 3.60. The number of hydrogen-bond acceptors (Lipinski definition) is 4. The first kappa shape index (κ1) is 19.4. The zero-order valence-electron chi connectivity index (χ0n) is 14.4. The van der Waals surface area contributed by atoms with Crippen LogP contribution in [-0.4, -0.2) is 49.9 Å². The maximum Gasteiger partial charge on any atom is 0.323 e. The van der Waals surface area contributed by atoms with Gasteiger partial charge in [-0.25, -0.2) is 13.1 Å². The molecule has 0 atom stereocenters. The Morgan fingerprint density at radius 2 is 2.00 bits per heavy atom. The number of benzene rings is 1. The minimum Gasteiger partial charge on any atom is -0.480 e. The minimum absolute atomic E-state index is 0.0128. The van der Waals surface area contributed by atoms with Crippen LogP contribution in [0.5, 0.6) is 0 Å². The number of rotatable bonds is 9. The van der Waals surface area contributed by atoms with Gasteiger partial charge in [-0.15, -0.1) is 0 Å². The average Bonchev–Trinajstić information content (AvgIpc) is 3.35. The molecule has 25 heavy (non-hydrogen) atoms. The summed E-state index contributed by atoms with van der Waals surface area (Å²) >= 11 is 0. The summed E-state index contributed by atoms with van der Waals surface area (Å²) in [6, 6.07) is 5.72. The van der Waals surface area contributed by atoms with E-state index in [2.05, 4.69) is 4.72 Å². The number of carbonyl (C=O) groups is 2. The number of aliphatic carboxylic acids is 1. The third kappa shape index (κ3) is 5.82. The molecule has 0 aliphatic heterocycles. The van der Waals surface area contributed by atoms with Crippen molar-refractivity contribution in [2.24, 2.45) is 11.8 Å². The topological polar surface area (TPSA) is 104 Å². The number of sulfonamides is 1. The van der Waals surface area contributed by atoms with Crippen molar-refractivity contribution >= 4 is 21.9 Å². The second-order valence-electron chi connectivity index (χ2n) is 6.80. The van der Waals surface area contributed by atoms with Gasteiger partial charge in [-0.3, -0.25) is 9.59 Å². The number of carboxylic acids is 1. The Bertz CT molecular complexity index is 741. The van der Waals surface area contributed by atoms with E-state index in [1.54, 1.807) is 0 Å². The van der Waals surface area contributed by atoms with Crippen molar-refractivity contribution in [1.82, 2.24) is 9.62 Å². The van der Waals surface area contributed by atoms with Gasteiger partial charge in [0.25, 0.3) is 5.91 Å². The van der Waals surface area contributed by atoms with Crippen molar-refractivity contribution < 1.29 is 23.1 Å². The van der Waals surface area contributed by atoms with E-state index in [-0.39, 0.29) is 22.9 Å². The minimum atomic E-state index is -3.68. The first-order valence-corrected chi connectivity index (χ1v) is 9.78. The SMILES string of the molecule is CC(C)CN(CC(=O)O)C(=O)c1cccc(S(=O)(=O)NCC2CC2)c1. The zero-order chi connectivity index (χ0) is 18.6. The molecule has 1 aliphatic rings. The molecule has 7 nitrogen and oxygen atoms in total. The highest BCUT2D eigenvalue weighted by Crippen LogP contribution is 2.28. The second-order valence-corrected chi connectivity index (χ2v) is 8.56. The van der Waals surface area contributed by atoms with Gasteiger partial charge in [0.2, 0.25) is 10.0 Å². The van der Waals surface area contributed by atoms with Crippen molar-refractivity contribution in [2.75, 3.05) is 19.6 Å². The van der Waals surface area contributed by atoms with E-state index in [0.717, 1.165) is 12.8 Å². The molecule has 0 heterocycles. The Labute approximate surface area is 148 Å². The Morgan fingerprint density at radius 1 is 1.32 bits per heavy atom. The Balaban J connectivity index is 2.19. The molecule has 2 rings (SSSR count). The number of nitrogens with zero attached hydrogens (tertiary/aromatic N) is 1. The highest BCUT2D eigenvalue weighted by molar-refractivity contribution is 7.89. The first-order valence-electron chi connectivity index (χ1n) is 8.30. The van der Waals surface area contributed by atoms with Gasteiger partial charge in [-0.1, -0.05) is 19.9 Å². The summed E-state index contributed by atoms with van der Waals surface area (Å²) in [4.78, 5) is 24.9. The molecule has 138 valence electrons. The van der Waals surface area contributed by atoms with Crippen LogP contribution in [0.2, 0.25) is 0 Å². The average molecular weight is 368 g/mol. The molecular weight excluding hydrogens is 344 g/mol. The smallest absolute Gasteiger partial charge is 0.323 e. The standard InChI is InChI=1S/C17H24N2O5S/c1-12(2)10-19(11-16(20)21)17(22)14-4-3-5-15(8-14)25(23,24)18-9-13-6-7-13/h3-5,8,12-13,18H,6-7,9-11H2,1-2H3,(H,20,21). The summed E-state index contributed by atoms with van der Waals surface area (Å²) in [5.41, 5.74) is 0.163. The van der Waals surface area contributed by atoms with Crippen molar-refractivity contribution in [2.45, 2.75) is 31.6 Å². The zero-order valence-corrected chi connectivity index (χ0v) is 15.3. The van der Waals surface area contributed by atoms with Crippen LogP contribution in [-0.2, 0) is 14.8 Å². The van der Waals surface area contributed by atoms with Crippen LogP contribution < -0.4 is 4.72 Å². The van der Waals surface area contributed by atoms with Gasteiger partial charge in [0, 0.05) is 18.7 Å².